The van der Waals surface area contributed by atoms with Crippen molar-refractivity contribution in [2.24, 2.45) is 5.92 Å². The van der Waals surface area contributed by atoms with Crippen LogP contribution < -0.4 is 10.1 Å². The van der Waals surface area contributed by atoms with E-state index in [0.29, 0.717) is 17.9 Å². The maximum absolute atomic E-state index is 12.2. The molecular formula is C16H18F3NO3S. The van der Waals surface area contributed by atoms with Crippen LogP contribution >= 0.6 is 11.8 Å². The first-order valence-corrected chi connectivity index (χ1v) is 8.35. The highest BCUT2D eigenvalue weighted by Crippen LogP contribution is 2.32. The predicted molar refractivity (Wildman–Crippen MR) is 85.5 cm³/mol. The van der Waals surface area contributed by atoms with E-state index in [1.165, 1.54) is 18.2 Å². The van der Waals surface area contributed by atoms with Gasteiger partial charge >= 0.3 is 6.36 Å². The van der Waals surface area contributed by atoms with Gasteiger partial charge in [0.2, 0.25) is 0 Å². The minimum absolute atomic E-state index is 0.00129. The van der Waals surface area contributed by atoms with Gasteiger partial charge < -0.3 is 15.2 Å². The number of alkyl halides is 3. The smallest absolute Gasteiger partial charge is 0.509 e. The number of halogens is 3. The molecule has 24 heavy (non-hydrogen) atoms. The molecule has 2 rings (SSSR count). The molecule has 0 aromatic heterocycles. The summed E-state index contributed by atoms with van der Waals surface area (Å²) >= 11 is 1.09. The van der Waals surface area contributed by atoms with E-state index < -0.39 is 12.4 Å². The second kappa shape index (κ2) is 7.38. The van der Waals surface area contributed by atoms with Crippen molar-refractivity contribution >= 4 is 17.7 Å². The molecule has 1 aliphatic heterocycles. The lowest BCUT2D eigenvalue weighted by Gasteiger charge is -2.12. The Bertz CT molecular complexity index is 644. The van der Waals surface area contributed by atoms with Crippen molar-refractivity contribution < 1.29 is 27.8 Å². The molecule has 8 heteroatoms. The number of aliphatic hydroxyl groups is 1. The van der Waals surface area contributed by atoms with Gasteiger partial charge in [-0.1, -0.05) is 26.0 Å². The van der Waals surface area contributed by atoms with Crippen molar-refractivity contribution in [2.75, 3.05) is 0 Å². The van der Waals surface area contributed by atoms with Crippen LogP contribution in [0.2, 0.25) is 0 Å². The van der Waals surface area contributed by atoms with Crippen molar-refractivity contribution in [1.29, 1.82) is 0 Å². The number of hydrogen-bond acceptors (Lipinski definition) is 4. The number of carbonyl (C=O) groups excluding carboxylic acids is 1. The number of carbonyl (C=O) groups is 1. The average Bonchev–Trinajstić information content (AvgIpc) is 2.69. The third-order valence-electron chi connectivity index (χ3n) is 3.30. The van der Waals surface area contributed by atoms with E-state index in [1.807, 2.05) is 13.8 Å². The number of amides is 1. The third-order valence-corrected chi connectivity index (χ3v) is 4.46. The first kappa shape index (κ1) is 18.5. The molecule has 0 aliphatic carbocycles. The summed E-state index contributed by atoms with van der Waals surface area (Å²) in [4.78, 5) is 12.1. The van der Waals surface area contributed by atoms with Crippen LogP contribution in [0, 0.1) is 5.92 Å². The van der Waals surface area contributed by atoms with Gasteiger partial charge in [-0.3, -0.25) is 4.79 Å². The van der Waals surface area contributed by atoms with Crippen molar-refractivity contribution in [2.45, 2.75) is 38.4 Å². The highest BCUT2D eigenvalue weighted by molar-refractivity contribution is 8.03. The summed E-state index contributed by atoms with van der Waals surface area (Å²) in [5.74, 6) is -0.117. The van der Waals surface area contributed by atoms with Crippen LogP contribution in [0.5, 0.6) is 5.75 Å². The summed E-state index contributed by atoms with van der Waals surface area (Å²) in [5, 5.41) is 12.9. The maximum atomic E-state index is 12.2. The zero-order valence-electron chi connectivity index (χ0n) is 13.2. The Morgan fingerprint density at radius 2 is 2.08 bits per heavy atom. The number of aliphatic hydroxyl groups excluding tert-OH is 1. The number of ether oxygens (including phenoxy) is 1. The minimum Gasteiger partial charge on any atom is -0.509 e. The Morgan fingerprint density at radius 3 is 2.71 bits per heavy atom. The molecule has 1 heterocycles. The number of rotatable bonds is 6. The van der Waals surface area contributed by atoms with Crippen LogP contribution in [0.25, 0.3) is 0 Å². The van der Waals surface area contributed by atoms with Gasteiger partial charge in [-0.15, -0.1) is 24.9 Å². The van der Waals surface area contributed by atoms with Gasteiger partial charge in [0.05, 0.1) is 6.04 Å². The first-order chi connectivity index (χ1) is 11.2. The SMILES string of the molecule is CC(C)CC1NC(=O)C(SCc2cccc(OC(F)(F)F)c2)=C1O. The van der Waals surface area contributed by atoms with Crippen LogP contribution in [0.1, 0.15) is 25.8 Å². The van der Waals surface area contributed by atoms with E-state index in [2.05, 4.69) is 10.1 Å². The number of hydrogen-bond donors (Lipinski definition) is 2. The molecule has 0 fully saturated rings. The molecule has 1 atom stereocenters. The molecule has 0 saturated carbocycles. The highest BCUT2D eigenvalue weighted by Gasteiger charge is 2.33. The van der Waals surface area contributed by atoms with Gasteiger partial charge in [-0.25, -0.2) is 0 Å². The fourth-order valence-corrected chi connectivity index (χ4v) is 3.31. The summed E-state index contributed by atoms with van der Waals surface area (Å²) in [6.07, 6.45) is -4.13. The Labute approximate surface area is 142 Å². The van der Waals surface area contributed by atoms with E-state index in [9.17, 15) is 23.1 Å². The molecule has 132 valence electrons. The van der Waals surface area contributed by atoms with Crippen LogP contribution in [-0.4, -0.2) is 23.4 Å². The van der Waals surface area contributed by atoms with Crippen molar-refractivity contribution in [1.82, 2.24) is 5.32 Å². The van der Waals surface area contributed by atoms with E-state index in [4.69, 9.17) is 0 Å². The fourth-order valence-electron chi connectivity index (χ4n) is 2.34. The average molecular weight is 361 g/mol. The summed E-state index contributed by atoms with van der Waals surface area (Å²) < 4.78 is 40.6. The van der Waals surface area contributed by atoms with Gasteiger partial charge in [0.1, 0.15) is 16.4 Å². The Morgan fingerprint density at radius 1 is 1.38 bits per heavy atom. The molecule has 0 saturated heterocycles. The topological polar surface area (TPSA) is 58.6 Å². The van der Waals surface area contributed by atoms with Gasteiger partial charge in [0.25, 0.3) is 5.91 Å². The zero-order chi connectivity index (χ0) is 17.9. The first-order valence-electron chi connectivity index (χ1n) is 7.37. The summed E-state index contributed by atoms with van der Waals surface area (Å²) in [7, 11) is 0. The van der Waals surface area contributed by atoms with Crippen LogP contribution in [0.15, 0.2) is 34.9 Å². The second-order valence-electron chi connectivity index (χ2n) is 5.85. The van der Waals surface area contributed by atoms with Crippen molar-refractivity contribution in [3.8, 4) is 5.75 Å². The molecule has 0 radical (unpaired) electrons. The van der Waals surface area contributed by atoms with Gasteiger partial charge in [0, 0.05) is 5.75 Å². The zero-order valence-corrected chi connectivity index (χ0v) is 14.0. The summed E-state index contributed by atoms with van der Waals surface area (Å²) in [6.45, 7) is 3.97. The fraction of sp³-hybridized carbons (Fsp3) is 0.438. The normalized spacial score (nSPS) is 18.2. The minimum atomic E-state index is -4.75. The molecule has 2 N–H and O–H groups in total. The summed E-state index contributed by atoms with van der Waals surface area (Å²) in [5.41, 5.74) is 0.558. The molecule has 4 nitrogen and oxygen atoms in total. The molecule has 1 aromatic carbocycles. The summed E-state index contributed by atoms with van der Waals surface area (Å²) in [6, 6.07) is 5.14. The number of nitrogens with one attached hydrogen (secondary N) is 1. The molecule has 0 bridgehead atoms. The third kappa shape index (κ3) is 5.09. The molecule has 1 amide bonds. The second-order valence-corrected chi connectivity index (χ2v) is 6.84. The lowest BCUT2D eigenvalue weighted by Crippen LogP contribution is -2.30. The maximum Gasteiger partial charge on any atom is 0.573 e. The van der Waals surface area contributed by atoms with Crippen molar-refractivity contribution in [3.05, 3.63) is 40.5 Å². The molecule has 0 spiro atoms. The Balaban J connectivity index is 2.03. The lowest BCUT2D eigenvalue weighted by molar-refractivity contribution is -0.274. The van der Waals surface area contributed by atoms with Gasteiger partial charge in [-0.2, -0.15) is 0 Å². The van der Waals surface area contributed by atoms with E-state index in [-0.39, 0.29) is 28.1 Å². The Hall–Kier alpha value is -1.83. The van der Waals surface area contributed by atoms with E-state index >= 15 is 0 Å². The molecule has 1 aromatic rings. The molecule has 1 aliphatic rings. The van der Waals surface area contributed by atoms with Crippen LogP contribution in [0.4, 0.5) is 13.2 Å². The predicted octanol–water partition coefficient (Wildman–Crippen LogP) is 4.13. The van der Waals surface area contributed by atoms with E-state index in [1.54, 1.807) is 6.07 Å². The Kier molecular flexibility index (Phi) is 5.69. The lowest BCUT2D eigenvalue weighted by atomic mass is 10.0. The number of benzene rings is 1. The van der Waals surface area contributed by atoms with Gasteiger partial charge in [0.15, 0.2) is 0 Å². The quantitative estimate of drug-likeness (QED) is 0.800. The molecular weight excluding hydrogens is 343 g/mol. The van der Waals surface area contributed by atoms with Crippen LogP contribution in [-0.2, 0) is 10.5 Å². The van der Waals surface area contributed by atoms with E-state index in [0.717, 1.165) is 11.8 Å². The molecule has 1 unspecified atom stereocenters. The monoisotopic (exact) mass is 361 g/mol. The highest BCUT2D eigenvalue weighted by atomic mass is 32.2. The largest absolute Gasteiger partial charge is 0.573 e. The van der Waals surface area contributed by atoms with Crippen LogP contribution in [0.3, 0.4) is 0 Å². The van der Waals surface area contributed by atoms with Gasteiger partial charge in [-0.05, 0) is 30.0 Å². The number of thioether (sulfide) groups is 1. The standard InChI is InChI=1S/C16H18F3NO3S/c1-9(2)6-12-13(21)14(15(22)20-12)24-8-10-4-3-5-11(7-10)23-16(17,18)19/h3-5,7,9,12,21H,6,8H2,1-2H3,(H,20,22). The van der Waals surface area contributed by atoms with Crippen molar-refractivity contribution in [3.63, 3.8) is 0 Å².